The van der Waals surface area contributed by atoms with Gasteiger partial charge < -0.3 is 25.4 Å². The highest BCUT2D eigenvalue weighted by Gasteiger charge is 2.23. The molecule has 0 bridgehead atoms. The van der Waals surface area contributed by atoms with Crippen molar-refractivity contribution >= 4 is 41.6 Å². The fourth-order valence-corrected chi connectivity index (χ4v) is 3.48. The number of nitrogen functional groups attached to an aromatic ring is 1. The largest absolute Gasteiger partial charge is 0.496 e. The van der Waals surface area contributed by atoms with Gasteiger partial charge in [-0.05, 0) is 45.2 Å². The molecule has 0 spiro atoms. The predicted octanol–water partition coefficient (Wildman–Crippen LogP) is 3.28. The van der Waals surface area contributed by atoms with Crippen molar-refractivity contribution in [1.29, 1.82) is 0 Å². The number of methoxy groups -OCH3 is 1. The molecular weight excluding hydrogens is 417 g/mol. The minimum Gasteiger partial charge on any atom is -0.496 e. The molecule has 1 amide bonds. The monoisotopic (exact) mass is 447 g/mol. The van der Waals surface area contributed by atoms with Gasteiger partial charge in [0.2, 0.25) is 0 Å². The third-order valence-electron chi connectivity index (χ3n) is 4.90. The van der Waals surface area contributed by atoms with Crippen LogP contribution in [0.2, 0.25) is 5.02 Å². The van der Waals surface area contributed by atoms with Crippen LogP contribution < -0.4 is 15.8 Å². The summed E-state index contributed by atoms with van der Waals surface area (Å²) in [6.07, 6.45) is 4.06. The number of halogens is 2. The summed E-state index contributed by atoms with van der Waals surface area (Å²) in [6.45, 7) is 5.06. The molecule has 0 unspecified atom stereocenters. The SMILES string of the molecule is CCOC(=O)CCCCN1CCC(NC(=O)c2cc(Cl)c(N)cc2OC)CC1.Cl. The number of unbranched alkanes of at least 4 members (excludes halogenated alkanes) is 1. The van der Waals surface area contributed by atoms with Crippen LogP contribution in [0.5, 0.6) is 5.75 Å². The van der Waals surface area contributed by atoms with Crippen LogP contribution >= 0.6 is 24.0 Å². The zero-order chi connectivity index (χ0) is 20.5. The number of carbonyl (C=O) groups is 2. The molecule has 1 aromatic rings. The maximum absolute atomic E-state index is 12.6. The van der Waals surface area contributed by atoms with Gasteiger partial charge in [-0.25, -0.2) is 0 Å². The second-order valence-corrected chi connectivity index (χ2v) is 7.33. The smallest absolute Gasteiger partial charge is 0.305 e. The van der Waals surface area contributed by atoms with Crippen molar-refractivity contribution in [2.24, 2.45) is 0 Å². The van der Waals surface area contributed by atoms with Crippen LogP contribution in [-0.4, -0.2) is 56.2 Å². The molecule has 0 radical (unpaired) electrons. The molecule has 1 fully saturated rings. The van der Waals surface area contributed by atoms with E-state index in [1.54, 1.807) is 12.1 Å². The molecule has 0 aliphatic carbocycles. The third-order valence-corrected chi connectivity index (χ3v) is 5.22. The number of likely N-dealkylation sites (tertiary alicyclic amines) is 1. The zero-order valence-electron chi connectivity index (χ0n) is 17.0. The lowest BCUT2D eigenvalue weighted by atomic mass is 10.0. The highest BCUT2D eigenvalue weighted by molar-refractivity contribution is 6.33. The van der Waals surface area contributed by atoms with Crippen molar-refractivity contribution in [3.8, 4) is 5.75 Å². The summed E-state index contributed by atoms with van der Waals surface area (Å²) in [7, 11) is 1.50. The van der Waals surface area contributed by atoms with Crippen molar-refractivity contribution in [2.45, 2.75) is 45.1 Å². The van der Waals surface area contributed by atoms with E-state index >= 15 is 0 Å². The molecule has 1 aliphatic heterocycles. The standard InChI is InChI=1S/C20H30ClN3O4.ClH/c1-3-28-19(25)6-4-5-9-24-10-7-14(8-11-24)23-20(26)15-12-16(21)17(22)13-18(15)27-2;/h12-14H,3-11,22H2,1-2H3,(H,23,26);1H. The number of hydrogen-bond acceptors (Lipinski definition) is 6. The number of hydrogen-bond donors (Lipinski definition) is 2. The Balaban J connectivity index is 0.00000420. The minimum atomic E-state index is -0.202. The highest BCUT2D eigenvalue weighted by atomic mass is 35.5. The van der Waals surface area contributed by atoms with Gasteiger partial charge >= 0.3 is 5.97 Å². The molecule has 0 saturated carbocycles. The van der Waals surface area contributed by atoms with Gasteiger partial charge in [0.15, 0.2) is 0 Å². The molecule has 1 aliphatic rings. The van der Waals surface area contributed by atoms with Gasteiger partial charge in [0, 0.05) is 31.6 Å². The number of amides is 1. The topological polar surface area (TPSA) is 93.9 Å². The Morgan fingerprint density at radius 3 is 2.59 bits per heavy atom. The summed E-state index contributed by atoms with van der Waals surface area (Å²) in [6, 6.07) is 3.23. The maximum Gasteiger partial charge on any atom is 0.305 e. The number of ether oxygens (including phenoxy) is 2. The molecule has 1 aromatic carbocycles. The lowest BCUT2D eigenvalue weighted by Gasteiger charge is -2.32. The van der Waals surface area contributed by atoms with E-state index in [4.69, 9.17) is 26.8 Å². The number of nitrogens with one attached hydrogen (secondary N) is 1. The average Bonchev–Trinajstić information content (AvgIpc) is 2.68. The van der Waals surface area contributed by atoms with Crippen LogP contribution in [0.25, 0.3) is 0 Å². The summed E-state index contributed by atoms with van der Waals surface area (Å²) >= 11 is 6.05. The van der Waals surface area contributed by atoms with Crippen molar-refractivity contribution in [2.75, 3.05) is 39.1 Å². The van der Waals surface area contributed by atoms with Crippen molar-refractivity contribution in [3.63, 3.8) is 0 Å². The number of anilines is 1. The second kappa shape index (κ2) is 12.8. The zero-order valence-corrected chi connectivity index (χ0v) is 18.6. The van der Waals surface area contributed by atoms with E-state index in [9.17, 15) is 9.59 Å². The Hall–Kier alpha value is -1.70. The van der Waals surface area contributed by atoms with Crippen LogP contribution in [0.4, 0.5) is 5.69 Å². The number of benzene rings is 1. The van der Waals surface area contributed by atoms with E-state index < -0.39 is 0 Å². The van der Waals surface area contributed by atoms with Gasteiger partial charge in [-0.2, -0.15) is 0 Å². The van der Waals surface area contributed by atoms with Gasteiger partial charge in [0.05, 0.1) is 30.0 Å². The molecule has 9 heteroatoms. The first kappa shape index (κ1) is 25.3. The molecule has 2 rings (SSSR count). The fraction of sp³-hybridized carbons (Fsp3) is 0.600. The van der Waals surface area contributed by atoms with E-state index in [-0.39, 0.29) is 30.3 Å². The molecule has 7 nitrogen and oxygen atoms in total. The van der Waals surface area contributed by atoms with E-state index in [1.807, 2.05) is 6.92 Å². The van der Waals surface area contributed by atoms with Crippen LogP contribution in [0.3, 0.4) is 0 Å². The summed E-state index contributed by atoms with van der Waals surface area (Å²) in [5.41, 5.74) is 6.54. The number of carbonyl (C=O) groups excluding carboxylic acids is 2. The van der Waals surface area contributed by atoms with E-state index in [2.05, 4.69) is 10.2 Å². The van der Waals surface area contributed by atoms with E-state index in [0.29, 0.717) is 35.1 Å². The summed E-state index contributed by atoms with van der Waals surface area (Å²) in [5.74, 6) is 0.0900. The minimum absolute atomic E-state index is 0. The van der Waals surface area contributed by atoms with Gasteiger partial charge in [-0.3, -0.25) is 9.59 Å². The third kappa shape index (κ3) is 7.91. The molecule has 1 saturated heterocycles. The fourth-order valence-electron chi connectivity index (χ4n) is 3.32. The van der Waals surface area contributed by atoms with Crippen molar-refractivity contribution in [1.82, 2.24) is 10.2 Å². The van der Waals surface area contributed by atoms with Gasteiger partial charge in [0.25, 0.3) is 5.91 Å². The van der Waals surface area contributed by atoms with E-state index in [1.165, 1.54) is 7.11 Å². The summed E-state index contributed by atoms with van der Waals surface area (Å²) in [4.78, 5) is 26.3. The quantitative estimate of drug-likeness (QED) is 0.342. The first-order valence-corrected chi connectivity index (χ1v) is 10.1. The predicted molar refractivity (Wildman–Crippen MR) is 117 cm³/mol. The normalized spacial score (nSPS) is 14.7. The first-order valence-electron chi connectivity index (χ1n) is 9.76. The Morgan fingerprint density at radius 2 is 1.97 bits per heavy atom. The van der Waals surface area contributed by atoms with Crippen molar-refractivity contribution < 1.29 is 19.1 Å². The Bertz CT molecular complexity index is 680. The summed E-state index contributed by atoms with van der Waals surface area (Å²) in [5, 5.41) is 3.40. The Morgan fingerprint density at radius 1 is 1.28 bits per heavy atom. The second-order valence-electron chi connectivity index (χ2n) is 6.93. The number of nitrogens with two attached hydrogens (primary N) is 1. The molecular formula is C20H31Cl2N3O4. The molecule has 3 N–H and O–H groups in total. The molecule has 1 heterocycles. The first-order chi connectivity index (χ1) is 13.4. The lowest BCUT2D eigenvalue weighted by Crippen LogP contribution is -2.44. The molecule has 0 aromatic heterocycles. The average molecular weight is 448 g/mol. The highest BCUT2D eigenvalue weighted by Crippen LogP contribution is 2.29. The number of esters is 1. The van der Waals surface area contributed by atoms with Gasteiger partial charge in [-0.15, -0.1) is 12.4 Å². The lowest BCUT2D eigenvalue weighted by molar-refractivity contribution is -0.143. The molecule has 164 valence electrons. The summed E-state index contributed by atoms with van der Waals surface area (Å²) < 4.78 is 10.2. The number of nitrogens with zero attached hydrogens (tertiary/aromatic N) is 1. The Labute approximate surface area is 183 Å². The van der Waals surface area contributed by atoms with Crippen LogP contribution in [0.1, 0.15) is 49.4 Å². The molecule has 29 heavy (non-hydrogen) atoms. The van der Waals surface area contributed by atoms with Crippen LogP contribution in [0, 0.1) is 0 Å². The van der Waals surface area contributed by atoms with Gasteiger partial charge in [-0.1, -0.05) is 11.6 Å². The number of piperidine rings is 1. The van der Waals surface area contributed by atoms with Crippen molar-refractivity contribution in [3.05, 3.63) is 22.7 Å². The maximum atomic E-state index is 12.6. The van der Waals surface area contributed by atoms with Crippen LogP contribution in [-0.2, 0) is 9.53 Å². The Kier molecular flexibility index (Phi) is 11.2. The van der Waals surface area contributed by atoms with Gasteiger partial charge in [0.1, 0.15) is 5.75 Å². The van der Waals surface area contributed by atoms with E-state index in [0.717, 1.165) is 45.3 Å². The van der Waals surface area contributed by atoms with Crippen LogP contribution in [0.15, 0.2) is 12.1 Å². The molecule has 0 atom stereocenters. The number of rotatable bonds is 9.